The normalized spacial score (nSPS) is 10.1. The quantitative estimate of drug-likeness (QED) is 0.527. The zero-order chi connectivity index (χ0) is 8.59. The summed E-state index contributed by atoms with van der Waals surface area (Å²) in [7, 11) is 0. The van der Waals surface area contributed by atoms with E-state index in [9.17, 15) is 22.9 Å². The number of hydrogen-bond donors (Lipinski definition) is 0. The summed E-state index contributed by atoms with van der Waals surface area (Å²) >= 11 is 0. The summed E-state index contributed by atoms with van der Waals surface area (Å²) in [5.74, 6) is -1.67. The molecule has 0 aliphatic carbocycles. The fourth-order valence-corrected chi connectivity index (χ4v) is 0.474. The zero-order valence-corrected chi connectivity index (χ0v) is 4.92. The summed E-state index contributed by atoms with van der Waals surface area (Å²) in [6.45, 7) is 0. The van der Waals surface area contributed by atoms with Gasteiger partial charge in [-0.25, -0.2) is 4.79 Å². The van der Waals surface area contributed by atoms with Crippen LogP contribution in [-0.2, 0) is 0 Å². The highest BCUT2D eigenvalue weighted by Gasteiger charge is 2.09. The largest absolute Gasteiger partial charge is 0.388 e. The number of halogens is 3. The number of nitrogens with zero attached hydrogens (tertiary/aromatic N) is 2. The van der Waals surface area contributed by atoms with Crippen LogP contribution in [0.2, 0.25) is 0 Å². The predicted octanol–water partition coefficient (Wildman–Crippen LogP) is -0.386. The minimum absolute atomic E-state index is 0.0409. The highest BCUT2D eigenvalue weighted by Crippen LogP contribution is 1.84. The highest BCUT2D eigenvalue weighted by molar-refractivity contribution is 4.86. The summed E-state index contributed by atoms with van der Waals surface area (Å²) in [6, 6.07) is 0. The van der Waals surface area contributed by atoms with Crippen molar-refractivity contribution in [2.45, 2.75) is 0 Å². The SMILES string of the molecule is O=c1c(F)cn(F)c(=O)n1F. The van der Waals surface area contributed by atoms with Crippen LogP contribution in [0.3, 0.4) is 0 Å². The van der Waals surface area contributed by atoms with E-state index in [1.807, 2.05) is 0 Å². The lowest BCUT2D eigenvalue weighted by Gasteiger charge is -1.92. The van der Waals surface area contributed by atoms with Crippen LogP contribution < -0.4 is 11.2 Å². The van der Waals surface area contributed by atoms with Gasteiger partial charge in [0.15, 0.2) is 0 Å². The Balaban J connectivity index is 3.74. The molecule has 0 atom stereocenters. The molecule has 1 aromatic rings. The predicted molar refractivity (Wildman–Crippen MR) is 27.9 cm³/mol. The van der Waals surface area contributed by atoms with Crippen LogP contribution >= 0.6 is 0 Å². The maximum absolute atomic E-state index is 12.0. The molecule has 0 bridgehead atoms. The Labute approximate surface area is 57.0 Å². The van der Waals surface area contributed by atoms with E-state index in [1.165, 1.54) is 0 Å². The third kappa shape index (κ3) is 1.04. The Morgan fingerprint density at radius 2 is 1.82 bits per heavy atom. The maximum atomic E-state index is 12.0. The first kappa shape index (κ1) is 7.58. The summed E-state index contributed by atoms with van der Waals surface area (Å²) < 4.78 is 36.1. The Kier molecular flexibility index (Phi) is 1.55. The maximum Gasteiger partial charge on any atom is 0.388 e. The lowest BCUT2D eigenvalue weighted by atomic mass is 10.6. The van der Waals surface area contributed by atoms with Gasteiger partial charge in [0.1, 0.15) is 0 Å². The van der Waals surface area contributed by atoms with Crippen molar-refractivity contribution in [1.29, 1.82) is 0 Å². The summed E-state index contributed by atoms with van der Waals surface area (Å²) in [5.41, 5.74) is -3.67. The molecule has 0 aromatic carbocycles. The van der Waals surface area contributed by atoms with Crippen LogP contribution in [0.1, 0.15) is 0 Å². The molecule has 7 heteroatoms. The molecule has 0 radical (unpaired) electrons. The van der Waals surface area contributed by atoms with Crippen LogP contribution in [0.4, 0.5) is 13.4 Å². The van der Waals surface area contributed by atoms with Gasteiger partial charge in [-0.05, 0) is 0 Å². The fourth-order valence-electron chi connectivity index (χ4n) is 0.474. The topological polar surface area (TPSA) is 44.0 Å². The van der Waals surface area contributed by atoms with Crippen molar-refractivity contribution in [2.75, 3.05) is 0 Å². The Bertz CT molecular complexity index is 359. The Morgan fingerprint density at radius 3 is 2.36 bits per heavy atom. The summed E-state index contributed by atoms with van der Waals surface area (Å²) in [4.78, 5) is 18.3. The molecule has 0 saturated carbocycles. The van der Waals surface area contributed by atoms with Crippen molar-refractivity contribution in [2.24, 2.45) is 0 Å². The van der Waals surface area contributed by atoms with Crippen LogP contribution in [0, 0.1) is 5.82 Å². The second-order valence-corrected chi connectivity index (χ2v) is 1.66. The molecule has 0 spiro atoms. The van der Waals surface area contributed by atoms with Crippen molar-refractivity contribution in [3.05, 3.63) is 32.9 Å². The van der Waals surface area contributed by atoms with E-state index in [4.69, 9.17) is 0 Å². The molecule has 1 rings (SSSR count). The van der Waals surface area contributed by atoms with Gasteiger partial charge in [0.2, 0.25) is 5.82 Å². The molecule has 0 amide bonds. The van der Waals surface area contributed by atoms with Crippen LogP contribution in [0.5, 0.6) is 0 Å². The van der Waals surface area contributed by atoms with Gasteiger partial charge >= 0.3 is 11.2 Å². The molecule has 0 unspecified atom stereocenters. The molecule has 0 fully saturated rings. The minimum Gasteiger partial charge on any atom is -0.263 e. The van der Waals surface area contributed by atoms with Gasteiger partial charge in [-0.2, -0.15) is 4.39 Å². The molecule has 0 saturated heterocycles. The Hall–Kier alpha value is -1.53. The average molecular weight is 166 g/mol. The molecule has 1 aromatic heterocycles. The highest BCUT2D eigenvalue weighted by atomic mass is 19.2. The van der Waals surface area contributed by atoms with Crippen LogP contribution in [-0.4, -0.2) is 9.58 Å². The van der Waals surface area contributed by atoms with Gasteiger partial charge in [0.05, 0.1) is 6.20 Å². The molecule has 4 nitrogen and oxygen atoms in total. The molecule has 11 heavy (non-hydrogen) atoms. The third-order valence-corrected chi connectivity index (χ3v) is 0.960. The Morgan fingerprint density at radius 1 is 1.27 bits per heavy atom. The van der Waals surface area contributed by atoms with Gasteiger partial charge in [0, 0.05) is 0 Å². The van der Waals surface area contributed by atoms with Gasteiger partial charge in [-0.1, -0.05) is 13.8 Å². The molecular formula is C4HF3N2O2. The van der Waals surface area contributed by atoms with Gasteiger partial charge in [0.25, 0.3) is 0 Å². The van der Waals surface area contributed by atoms with Crippen molar-refractivity contribution >= 4 is 0 Å². The van der Waals surface area contributed by atoms with E-state index >= 15 is 0 Å². The van der Waals surface area contributed by atoms with Gasteiger partial charge in [-0.3, -0.25) is 4.79 Å². The third-order valence-electron chi connectivity index (χ3n) is 0.960. The lowest BCUT2D eigenvalue weighted by Crippen LogP contribution is -2.34. The number of rotatable bonds is 0. The van der Waals surface area contributed by atoms with Gasteiger partial charge < -0.3 is 0 Å². The van der Waals surface area contributed by atoms with E-state index in [0.717, 1.165) is 0 Å². The number of hydrogen-bond acceptors (Lipinski definition) is 2. The minimum atomic E-state index is -1.86. The smallest absolute Gasteiger partial charge is 0.263 e. The first-order chi connectivity index (χ1) is 5.04. The van der Waals surface area contributed by atoms with E-state index in [-0.39, 0.29) is 6.20 Å². The van der Waals surface area contributed by atoms with Gasteiger partial charge in [-0.15, -0.1) is 4.79 Å². The molecule has 60 valence electrons. The summed E-state index contributed by atoms with van der Waals surface area (Å²) in [6.07, 6.45) is -0.0409. The molecular weight excluding hydrogens is 165 g/mol. The van der Waals surface area contributed by atoms with Crippen LogP contribution in [0.15, 0.2) is 15.8 Å². The fraction of sp³-hybridized carbons (Fsp3) is 0. The van der Waals surface area contributed by atoms with E-state index in [2.05, 4.69) is 0 Å². The first-order valence-electron chi connectivity index (χ1n) is 2.40. The monoisotopic (exact) mass is 166 g/mol. The van der Waals surface area contributed by atoms with E-state index in [1.54, 1.807) is 0 Å². The molecule has 1 heterocycles. The molecule has 0 aliphatic heterocycles. The van der Waals surface area contributed by atoms with Crippen LogP contribution in [0.25, 0.3) is 0 Å². The average Bonchev–Trinajstić information content (AvgIpc) is 1.97. The lowest BCUT2D eigenvalue weighted by molar-refractivity contribution is 0.246. The zero-order valence-electron chi connectivity index (χ0n) is 4.92. The second-order valence-electron chi connectivity index (χ2n) is 1.66. The van der Waals surface area contributed by atoms with Crippen molar-refractivity contribution in [3.8, 4) is 0 Å². The summed E-state index contributed by atoms with van der Waals surface area (Å²) in [5, 5.41) is 0. The first-order valence-corrected chi connectivity index (χ1v) is 2.40. The molecule has 0 aliphatic rings. The molecule has 0 N–H and O–H groups in total. The van der Waals surface area contributed by atoms with Crippen molar-refractivity contribution in [3.63, 3.8) is 0 Å². The standard InChI is InChI=1S/C4HF3N2O2/c5-2-1-8(6)4(11)9(7)3(2)10/h1H. The van der Waals surface area contributed by atoms with Crippen molar-refractivity contribution in [1.82, 2.24) is 9.58 Å². The number of aromatic nitrogens is 2. The second kappa shape index (κ2) is 2.26. The van der Waals surface area contributed by atoms with E-state index in [0.29, 0.717) is 0 Å². The van der Waals surface area contributed by atoms with E-state index < -0.39 is 26.6 Å². The van der Waals surface area contributed by atoms with Crippen molar-refractivity contribution < 1.29 is 13.4 Å².